The fourth-order valence-electron chi connectivity index (χ4n) is 2.45. The van der Waals surface area contributed by atoms with Gasteiger partial charge in [0.1, 0.15) is 11.9 Å². The van der Waals surface area contributed by atoms with Gasteiger partial charge in [0.2, 0.25) is 0 Å². The number of pyridine rings is 2. The Kier molecular flexibility index (Phi) is 3.76. The third kappa shape index (κ3) is 2.87. The number of halogens is 1. The minimum atomic E-state index is -0.283. The molecule has 1 aliphatic heterocycles. The van der Waals surface area contributed by atoms with Crippen molar-refractivity contribution < 1.29 is 9.13 Å². The van der Waals surface area contributed by atoms with Crippen LogP contribution in [0, 0.1) is 5.82 Å². The molecule has 0 radical (unpaired) electrons. The molecule has 0 spiro atoms. The number of aromatic nitrogens is 2. The number of rotatable bonds is 3. The lowest BCUT2D eigenvalue weighted by Crippen LogP contribution is -2.42. The molecular weight excluding hydrogens is 257 g/mol. The van der Waals surface area contributed by atoms with E-state index in [9.17, 15) is 4.39 Å². The number of hydrogen-bond acceptors (Lipinski definition) is 4. The molecule has 3 heterocycles. The van der Waals surface area contributed by atoms with Crippen LogP contribution in [0.3, 0.4) is 0 Å². The summed E-state index contributed by atoms with van der Waals surface area (Å²) >= 11 is 0. The van der Waals surface area contributed by atoms with E-state index in [1.165, 1.54) is 6.07 Å². The second kappa shape index (κ2) is 5.86. The first kappa shape index (κ1) is 12.8. The van der Waals surface area contributed by atoms with Crippen LogP contribution >= 0.6 is 0 Å². The normalized spacial score (nSPS) is 18.9. The fourth-order valence-corrected chi connectivity index (χ4v) is 2.45. The molecule has 2 aromatic heterocycles. The summed E-state index contributed by atoms with van der Waals surface area (Å²) in [7, 11) is 0. The molecule has 3 rings (SSSR count). The quantitative estimate of drug-likeness (QED) is 0.861. The Hall–Kier alpha value is -2.17. The van der Waals surface area contributed by atoms with Crippen molar-refractivity contribution in [1.82, 2.24) is 9.97 Å². The second-order valence-corrected chi connectivity index (χ2v) is 4.83. The van der Waals surface area contributed by atoms with Crippen LogP contribution < -0.4 is 9.64 Å². The molecule has 2 aromatic rings. The van der Waals surface area contributed by atoms with Crippen LogP contribution in [0.2, 0.25) is 0 Å². The highest BCUT2D eigenvalue weighted by atomic mass is 19.1. The third-order valence-electron chi connectivity index (χ3n) is 3.35. The summed E-state index contributed by atoms with van der Waals surface area (Å²) in [6, 6.07) is 6.77. The molecule has 1 atom stereocenters. The summed E-state index contributed by atoms with van der Waals surface area (Å²) in [5.74, 6) is 0.877. The Balaban J connectivity index is 1.69. The van der Waals surface area contributed by atoms with E-state index in [0.717, 1.165) is 25.1 Å². The standard InChI is InChI=1S/C15H16FN3O/c16-14-6-2-8-18-15(14)19-9-3-5-13(11-19)20-12-4-1-7-17-10-12/h1-2,4,6-8,10,13H,3,5,9,11H2. The summed E-state index contributed by atoms with van der Waals surface area (Å²) in [5.41, 5.74) is 0. The molecule has 0 saturated carbocycles. The monoisotopic (exact) mass is 273 g/mol. The first-order valence-corrected chi connectivity index (χ1v) is 6.75. The van der Waals surface area contributed by atoms with E-state index in [1.54, 1.807) is 24.7 Å². The Morgan fingerprint density at radius 3 is 2.95 bits per heavy atom. The predicted octanol–water partition coefficient (Wildman–Crippen LogP) is 2.66. The molecule has 20 heavy (non-hydrogen) atoms. The van der Waals surface area contributed by atoms with Crippen LogP contribution in [0.5, 0.6) is 5.75 Å². The zero-order valence-corrected chi connectivity index (χ0v) is 11.1. The number of hydrogen-bond donors (Lipinski definition) is 0. The average Bonchev–Trinajstić information content (AvgIpc) is 2.49. The summed E-state index contributed by atoms with van der Waals surface area (Å²) in [4.78, 5) is 10.1. The zero-order valence-electron chi connectivity index (χ0n) is 11.1. The highest BCUT2D eigenvalue weighted by Gasteiger charge is 2.24. The summed E-state index contributed by atoms with van der Waals surface area (Å²) in [5, 5.41) is 0. The minimum Gasteiger partial charge on any atom is -0.487 e. The van der Waals surface area contributed by atoms with Gasteiger partial charge < -0.3 is 9.64 Å². The SMILES string of the molecule is Fc1cccnc1N1CCCC(Oc2cccnc2)C1. The lowest BCUT2D eigenvalue weighted by Gasteiger charge is -2.33. The molecule has 0 aromatic carbocycles. The molecule has 1 fully saturated rings. The van der Waals surface area contributed by atoms with Gasteiger partial charge in [0.25, 0.3) is 0 Å². The molecule has 0 aliphatic carbocycles. The van der Waals surface area contributed by atoms with E-state index in [0.29, 0.717) is 12.4 Å². The van der Waals surface area contributed by atoms with Crippen molar-refractivity contribution in [1.29, 1.82) is 0 Å². The molecule has 5 heteroatoms. The maximum Gasteiger partial charge on any atom is 0.165 e. The van der Waals surface area contributed by atoms with Crippen LogP contribution in [-0.4, -0.2) is 29.2 Å². The highest BCUT2D eigenvalue weighted by molar-refractivity contribution is 5.40. The molecular formula is C15H16FN3O. The molecule has 1 unspecified atom stereocenters. The number of ether oxygens (including phenoxy) is 1. The largest absolute Gasteiger partial charge is 0.487 e. The van der Waals surface area contributed by atoms with E-state index in [-0.39, 0.29) is 11.9 Å². The molecule has 0 bridgehead atoms. The van der Waals surface area contributed by atoms with Crippen molar-refractivity contribution in [3.63, 3.8) is 0 Å². The van der Waals surface area contributed by atoms with E-state index in [1.807, 2.05) is 17.0 Å². The van der Waals surface area contributed by atoms with Crippen molar-refractivity contribution in [2.45, 2.75) is 18.9 Å². The fraction of sp³-hybridized carbons (Fsp3) is 0.333. The van der Waals surface area contributed by atoms with Gasteiger partial charge in [0, 0.05) is 18.9 Å². The van der Waals surface area contributed by atoms with Crippen LogP contribution in [0.15, 0.2) is 42.9 Å². The first-order valence-electron chi connectivity index (χ1n) is 6.75. The summed E-state index contributed by atoms with van der Waals surface area (Å²) < 4.78 is 19.7. The number of piperidine rings is 1. The summed E-state index contributed by atoms with van der Waals surface area (Å²) in [6.07, 6.45) is 6.98. The van der Waals surface area contributed by atoms with E-state index < -0.39 is 0 Å². The lowest BCUT2D eigenvalue weighted by atomic mass is 10.1. The van der Waals surface area contributed by atoms with Crippen LogP contribution in [0.4, 0.5) is 10.2 Å². The highest BCUT2D eigenvalue weighted by Crippen LogP contribution is 2.23. The van der Waals surface area contributed by atoms with Gasteiger partial charge >= 0.3 is 0 Å². The van der Waals surface area contributed by atoms with Gasteiger partial charge in [-0.3, -0.25) is 4.98 Å². The predicted molar refractivity (Wildman–Crippen MR) is 74.3 cm³/mol. The molecule has 104 valence electrons. The van der Waals surface area contributed by atoms with Crippen molar-refractivity contribution in [2.24, 2.45) is 0 Å². The van der Waals surface area contributed by atoms with Gasteiger partial charge in [-0.2, -0.15) is 0 Å². The smallest absolute Gasteiger partial charge is 0.165 e. The molecule has 0 amide bonds. The topological polar surface area (TPSA) is 38.2 Å². The third-order valence-corrected chi connectivity index (χ3v) is 3.35. The Morgan fingerprint density at radius 2 is 2.15 bits per heavy atom. The lowest BCUT2D eigenvalue weighted by molar-refractivity contribution is 0.178. The van der Waals surface area contributed by atoms with Crippen molar-refractivity contribution in [2.75, 3.05) is 18.0 Å². The van der Waals surface area contributed by atoms with Crippen molar-refractivity contribution in [3.05, 3.63) is 48.7 Å². The van der Waals surface area contributed by atoms with Crippen molar-refractivity contribution in [3.8, 4) is 5.75 Å². The van der Waals surface area contributed by atoms with Gasteiger partial charge in [-0.25, -0.2) is 9.37 Å². The molecule has 0 N–H and O–H groups in total. The van der Waals surface area contributed by atoms with E-state index in [2.05, 4.69) is 9.97 Å². The second-order valence-electron chi connectivity index (χ2n) is 4.83. The zero-order chi connectivity index (χ0) is 13.8. The summed E-state index contributed by atoms with van der Waals surface area (Å²) in [6.45, 7) is 1.45. The van der Waals surface area contributed by atoms with Gasteiger partial charge in [-0.05, 0) is 37.1 Å². The molecule has 1 aliphatic rings. The molecule has 4 nitrogen and oxygen atoms in total. The van der Waals surface area contributed by atoms with Gasteiger partial charge in [-0.1, -0.05) is 0 Å². The first-order chi connectivity index (χ1) is 9.83. The molecule has 1 saturated heterocycles. The van der Waals surface area contributed by atoms with E-state index in [4.69, 9.17) is 4.74 Å². The van der Waals surface area contributed by atoms with Crippen LogP contribution in [0.1, 0.15) is 12.8 Å². The van der Waals surface area contributed by atoms with Gasteiger partial charge in [0.15, 0.2) is 11.6 Å². The van der Waals surface area contributed by atoms with Crippen LogP contribution in [-0.2, 0) is 0 Å². The van der Waals surface area contributed by atoms with Gasteiger partial charge in [0.05, 0.1) is 12.7 Å². The maximum atomic E-state index is 13.8. The minimum absolute atomic E-state index is 0.0364. The Bertz CT molecular complexity index is 564. The Morgan fingerprint density at radius 1 is 1.25 bits per heavy atom. The number of nitrogens with zero attached hydrogens (tertiary/aromatic N) is 3. The maximum absolute atomic E-state index is 13.8. The van der Waals surface area contributed by atoms with Crippen LogP contribution in [0.25, 0.3) is 0 Å². The average molecular weight is 273 g/mol. The van der Waals surface area contributed by atoms with Gasteiger partial charge in [-0.15, -0.1) is 0 Å². The Labute approximate surface area is 117 Å². The van der Waals surface area contributed by atoms with E-state index >= 15 is 0 Å². The van der Waals surface area contributed by atoms with Crippen molar-refractivity contribution >= 4 is 5.82 Å². The number of anilines is 1.